The molecule has 0 bridgehead atoms. The lowest BCUT2D eigenvalue weighted by atomic mass is 9.99. The molecule has 2 aliphatic rings. The summed E-state index contributed by atoms with van der Waals surface area (Å²) in [6.45, 7) is 11.7. The van der Waals surface area contributed by atoms with Crippen LogP contribution in [0.1, 0.15) is 32.6 Å². The molecule has 0 spiro atoms. The van der Waals surface area contributed by atoms with Gasteiger partial charge >= 0.3 is 0 Å². The highest BCUT2D eigenvalue weighted by atomic mass is 28.4. The Balaban J connectivity index is 1.79. The molecule has 1 aromatic rings. The molecule has 140 valence electrons. The van der Waals surface area contributed by atoms with Gasteiger partial charge in [-0.25, -0.2) is 0 Å². The number of fused-ring (bicyclic) bond motifs is 1. The van der Waals surface area contributed by atoms with Gasteiger partial charge in [0.15, 0.2) is 14.6 Å². The van der Waals surface area contributed by atoms with Crippen molar-refractivity contribution in [3.63, 3.8) is 0 Å². The molecule has 1 N–H and O–H groups in total. The SMILES string of the molecule is CC(C)(C)[Si](C)(C)O[C@H]1[C@@H]2O[C@H](c3ccccc3)OC[C@H]2OC[C@@H]1O. The predicted octanol–water partition coefficient (Wildman–Crippen LogP) is 3.25. The molecule has 3 rings (SSSR count). The predicted molar refractivity (Wildman–Crippen MR) is 97.8 cm³/mol. The van der Waals surface area contributed by atoms with Crippen LogP contribution in [0.15, 0.2) is 30.3 Å². The normalized spacial score (nSPS) is 33.8. The highest BCUT2D eigenvalue weighted by Gasteiger charge is 2.50. The number of benzene rings is 1. The van der Waals surface area contributed by atoms with E-state index < -0.39 is 26.8 Å². The summed E-state index contributed by atoms with van der Waals surface area (Å²) in [6, 6.07) is 9.85. The summed E-state index contributed by atoms with van der Waals surface area (Å²) in [4.78, 5) is 0. The van der Waals surface area contributed by atoms with Gasteiger partial charge in [0.1, 0.15) is 24.4 Å². The van der Waals surface area contributed by atoms with Crippen LogP contribution in [-0.2, 0) is 18.6 Å². The maximum absolute atomic E-state index is 10.5. The molecule has 2 heterocycles. The van der Waals surface area contributed by atoms with Crippen molar-refractivity contribution < 1.29 is 23.7 Å². The average Bonchev–Trinajstić information content (AvgIpc) is 2.57. The number of hydrogen-bond acceptors (Lipinski definition) is 5. The van der Waals surface area contributed by atoms with Gasteiger partial charge < -0.3 is 23.7 Å². The van der Waals surface area contributed by atoms with Crippen LogP contribution in [0.3, 0.4) is 0 Å². The lowest BCUT2D eigenvalue weighted by molar-refractivity contribution is -0.311. The Morgan fingerprint density at radius 3 is 2.40 bits per heavy atom. The van der Waals surface area contributed by atoms with E-state index in [0.29, 0.717) is 6.61 Å². The Bertz CT molecular complexity index is 571. The van der Waals surface area contributed by atoms with Crippen LogP contribution in [0, 0.1) is 0 Å². The van der Waals surface area contributed by atoms with Crippen LogP contribution in [-0.4, -0.2) is 51.1 Å². The average molecular weight is 367 g/mol. The van der Waals surface area contributed by atoms with Crippen LogP contribution in [0.4, 0.5) is 0 Å². The van der Waals surface area contributed by atoms with Crippen molar-refractivity contribution in [1.29, 1.82) is 0 Å². The van der Waals surface area contributed by atoms with Gasteiger partial charge in [0, 0.05) is 5.56 Å². The van der Waals surface area contributed by atoms with E-state index in [-0.39, 0.29) is 23.9 Å². The van der Waals surface area contributed by atoms with E-state index in [1.807, 2.05) is 30.3 Å². The molecule has 0 unspecified atom stereocenters. The lowest BCUT2D eigenvalue weighted by Crippen LogP contribution is -2.62. The molecule has 5 nitrogen and oxygen atoms in total. The van der Waals surface area contributed by atoms with Gasteiger partial charge in [0.2, 0.25) is 0 Å². The van der Waals surface area contributed by atoms with Crippen molar-refractivity contribution in [2.24, 2.45) is 0 Å². The van der Waals surface area contributed by atoms with Crippen LogP contribution in [0.5, 0.6) is 0 Å². The summed E-state index contributed by atoms with van der Waals surface area (Å²) in [7, 11) is -2.05. The van der Waals surface area contributed by atoms with Crippen molar-refractivity contribution in [3.05, 3.63) is 35.9 Å². The van der Waals surface area contributed by atoms with Gasteiger partial charge in [-0.2, -0.15) is 0 Å². The van der Waals surface area contributed by atoms with Crippen molar-refractivity contribution >= 4 is 8.32 Å². The molecule has 2 saturated heterocycles. The Morgan fingerprint density at radius 1 is 1.08 bits per heavy atom. The van der Waals surface area contributed by atoms with Gasteiger partial charge in [0.25, 0.3) is 0 Å². The minimum atomic E-state index is -2.05. The Morgan fingerprint density at radius 2 is 1.76 bits per heavy atom. The minimum absolute atomic E-state index is 0.0600. The van der Waals surface area contributed by atoms with E-state index >= 15 is 0 Å². The third-order valence-corrected chi connectivity index (χ3v) is 10.0. The second-order valence-corrected chi connectivity index (χ2v) is 13.2. The zero-order valence-electron chi connectivity index (χ0n) is 15.8. The van der Waals surface area contributed by atoms with Crippen LogP contribution < -0.4 is 0 Å². The first kappa shape index (κ1) is 19.0. The van der Waals surface area contributed by atoms with Crippen LogP contribution >= 0.6 is 0 Å². The minimum Gasteiger partial charge on any atom is -0.408 e. The molecule has 0 radical (unpaired) electrons. The molecule has 5 atom stereocenters. The summed E-state index contributed by atoms with van der Waals surface area (Å²) < 4.78 is 24.3. The summed E-state index contributed by atoms with van der Waals surface area (Å²) in [5, 5.41) is 10.6. The van der Waals surface area contributed by atoms with Gasteiger partial charge in [-0.05, 0) is 18.1 Å². The summed E-state index contributed by atoms with van der Waals surface area (Å²) in [5.41, 5.74) is 0.965. The second-order valence-electron chi connectivity index (χ2n) is 8.46. The van der Waals surface area contributed by atoms with E-state index in [2.05, 4.69) is 33.9 Å². The first-order valence-corrected chi connectivity index (χ1v) is 11.9. The lowest BCUT2D eigenvalue weighted by Gasteiger charge is -2.49. The van der Waals surface area contributed by atoms with Crippen molar-refractivity contribution in [2.45, 2.75) is 69.6 Å². The van der Waals surface area contributed by atoms with Crippen molar-refractivity contribution in [3.8, 4) is 0 Å². The Hall–Kier alpha value is -0.763. The first-order valence-electron chi connectivity index (χ1n) is 8.98. The van der Waals surface area contributed by atoms with Crippen molar-refractivity contribution in [2.75, 3.05) is 13.2 Å². The summed E-state index contributed by atoms with van der Waals surface area (Å²) >= 11 is 0. The van der Waals surface area contributed by atoms with Gasteiger partial charge in [-0.1, -0.05) is 51.1 Å². The van der Waals surface area contributed by atoms with Gasteiger partial charge in [-0.3, -0.25) is 0 Å². The molecule has 0 aliphatic carbocycles. The number of rotatable bonds is 3. The number of hydrogen-bond donors (Lipinski definition) is 1. The van der Waals surface area contributed by atoms with E-state index in [4.69, 9.17) is 18.6 Å². The zero-order valence-corrected chi connectivity index (χ0v) is 16.8. The molecule has 2 fully saturated rings. The number of aliphatic hydroxyl groups is 1. The van der Waals surface area contributed by atoms with E-state index in [0.717, 1.165) is 5.56 Å². The zero-order chi connectivity index (χ0) is 18.2. The van der Waals surface area contributed by atoms with Crippen molar-refractivity contribution in [1.82, 2.24) is 0 Å². The highest BCUT2D eigenvalue weighted by Crippen LogP contribution is 2.40. The molecule has 6 heteroatoms. The monoisotopic (exact) mass is 366 g/mol. The fourth-order valence-electron chi connectivity index (χ4n) is 2.96. The van der Waals surface area contributed by atoms with Crippen LogP contribution in [0.2, 0.25) is 18.1 Å². The largest absolute Gasteiger partial charge is 0.408 e. The molecule has 1 aromatic carbocycles. The third kappa shape index (κ3) is 3.99. The Kier molecular flexibility index (Phi) is 5.40. The first-order chi connectivity index (χ1) is 11.7. The summed E-state index contributed by atoms with van der Waals surface area (Å²) in [5.74, 6) is 0. The van der Waals surface area contributed by atoms with E-state index in [9.17, 15) is 5.11 Å². The molecular formula is C19H30O5Si. The molecule has 25 heavy (non-hydrogen) atoms. The fourth-order valence-corrected chi connectivity index (χ4v) is 4.29. The highest BCUT2D eigenvalue weighted by molar-refractivity contribution is 6.74. The molecule has 0 aromatic heterocycles. The Labute approximate surface area is 151 Å². The van der Waals surface area contributed by atoms with E-state index in [1.54, 1.807) is 0 Å². The van der Waals surface area contributed by atoms with Crippen LogP contribution in [0.25, 0.3) is 0 Å². The maximum atomic E-state index is 10.5. The molecule has 2 aliphatic heterocycles. The smallest absolute Gasteiger partial charge is 0.192 e. The van der Waals surface area contributed by atoms with E-state index in [1.165, 1.54) is 0 Å². The quantitative estimate of drug-likeness (QED) is 0.832. The second kappa shape index (κ2) is 7.10. The fraction of sp³-hybridized carbons (Fsp3) is 0.684. The molecule has 0 amide bonds. The topological polar surface area (TPSA) is 57.2 Å². The molecular weight excluding hydrogens is 336 g/mol. The number of aliphatic hydroxyl groups excluding tert-OH is 1. The molecule has 0 saturated carbocycles. The maximum Gasteiger partial charge on any atom is 0.192 e. The standard InChI is InChI=1S/C19H30O5Si/c1-19(2,3)25(4,5)24-16-14(20)11-21-15-12-22-18(23-17(15)16)13-9-7-6-8-10-13/h6-10,14-18,20H,11-12H2,1-5H3/t14-,15+,16+,17+,18+/m0/s1. The third-order valence-electron chi connectivity index (χ3n) is 5.55. The summed E-state index contributed by atoms with van der Waals surface area (Å²) in [6.07, 6.45) is -2.09. The number of ether oxygens (including phenoxy) is 3. The van der Waals surface area contributed by atoms with Gasteiger partial charge in [-0.15, -0.1) is 0 Å². The van der Waals surface area contributed by atoms with Gasteiger partial charge in [0.05, 0.1) is 13.2 Å².